The molecule has 0 saturated carbocycles. The topological polar surface area (TPSA) is 86.7 Å². The molecule has 0 unspecified atom stereocenters. The Morgan fingerprint density at radius 2 is 1.67 bits per heavy atom. The van der Waals surface area contributed by atoms with Gasteiger partial charge in [-0.25, -0.2) is 9.67 Å². The van der Waals surface area contributed by atoms with E-state index in [4.69, 9.17) is 5.73 Å². The molecule has 1 amide bonds. The molecule has 0 radical (unpaired) electrons. The fraction of sp³-hybridized carbons (Fsp3) is 0.0476. The van der Waals surface area contributed by atoms with Crippen molar-refractivity contribution in [2.75, 3.05) is 0 Å². The van der Waals surface area contributed by atoms with E-state index >= 15 is 0 Å². The van der Waals surface area contributed by atoms with Gasteiger partial charge in [0.1, 0.15) is 11.2 Å². The molecule has 0 atom stereocenters. The molecular weight excluding hydrogens is 522 g/mol. The van der Waals surface area contributed by atoms with E-state index in [0.717, 1.165) is 17.2 Å². The Balaban J connectivity index is 1.81. The fourth-order valence-corrected chi connectivity index (χ4v) is 3.91. The summed E-state index contributed by atoms with van der Waals surface area (Å²) < 4.78 is 107. The van der Waals surface area contributed by atoms with Gasteiger partial charge in [-0.3, -0.25) is 9.78 Å². The summed E-state index contributed by atoms with van der Waals surface area (Å²) >= 11 is 0. The minimum Gasteiger partial charge on any atom is -0.366 e. The smallest absolute Gasteiger partial charge is 0.366 e. The molecule has 2 aromatic heterocycles. The number of nitrogens with two attached hydrogens (primary N) is 1. The summed E-state index contributed by atoms with van der Waals surface area (Å²) in [5.41, 5.74) is 3.17. The molecule has 2 aromatic carbocycles. The highest BCUT2D eigenvalue weighted by Crippen LogP contribution is 3.02. The quantitative estimate of drug-likeness (QED) is 0.229. The Morgan fingerprint density at radius 1 is 0.972 bits per heavy atom. The number of aromatic nitrogens is 4. The monoisotopic (exact) mass is 535 g/mol. The highest BCUT2D eigenvalue weighted by atomic mass is 32.5. The lowest BCUT2D eigenvalue weighted by Gasteiger charge is -2.40. The van der Waals surface area contributed by atoms with E-state index in [9.17, 15) is 37.4 Å². The van der Waals surface area contributed by atoms with Gasteiger partial charge in [-0.2, -0.15) is 13.2 Å². The zero-order valence-electron chi connectivity index (χ0n) is 17.6. The van der Waals surface area contributed by atoms with Gasteiger partial charge in [-0.15, -0.1) is 5.10 Å². The average molecular weight is 535 g/mol. The number of primary amides is 1. The van der Waals surface area contributed by atoms with Crippen molar-refractivity contribution in [3.05, 3.63) is 72.2 Å². The van der Waals surface area contributed by atoms with Crippen LogP contribution in [0.4, 0.5) is 32.6 Å². The summed E-state index contributed by atoms with van der Waals surface area (Å²) in [7, 11) is -10.5. The highest BCUT2D eigenvalue weighted by molar-refractivity contribution is 8.45. The van der Waals surface area contributed by atoms with E-state index in [1.54, 1.807) is 30.3 Å². The molecule has 0 aliphatic heterocycles. The Labute approximate surface area is 196 Å². The van der Waals surface area contributed by atoms with Crippen LogP contribution in [0.15, 0.2) is 66.0 Å². The lowest BCUT2D eigenvalue weighted by molar-refractivity contribution is -0.137. The minimum atomic E-state index is -10.5. The molecule has 0 aliphatic rings. The maximum absolute atomic E-state index is 13.3. The number of rotatable bonds is 5. The van der Waals surface area contributed by atoms with E-state index in [1.807, 2.05) is 0 Å². The van der Waals surface area contributed by atoms with Gasteiger partial charge < -0.3 is 5.73 Å². The van der Waals surface area contributed by atoms with E-state index in [1.165, 1.54) is 6.20 Å². The number of hydrogen-bond donors (Lipinski definition) is 1. The largest absolute Gasteiger partial charge is 0.416 e. The van der Waals surface area contributed by atoms with Crippen molar-refractivity contribution in [2.45, 2.75) is 11.1 Å². The third-order valence-corrected chi connectivity index (χ3v) is 6.00. The number of nitrogens with zero attached hydrogens (tertiary/aromatic N) is 4. The maximum Gasteiger partial charge on any atom is 0.416 e. The van der Waals surface area contributed by atoms with Crippen LogP contribution < -0.4 is 5.73 Å². The molecule has 0 bridgehead atoms. The number of alkyl halides is 3. The van der Waals surface area contributed by atoms with Crippen molar-refractivity contribution >= 4 is 38.8 Å². The molecule has 4 aromatic rings. The van der Waals surface area contributed by atoms with Crippen LogP contribution >= 0.6 is 10.2 Å². The van der Waals surface area contributed by atoms with Crippen molar-refractivity contribution < 1.29 is 37.4 Å². The van der Waals surface area contributed by atoms with Crippen LogP contribution in [0.25, 0.3) is 34.1 Å². The van der Waals surface area contributed by atoms with Crippen LogP contribution in [0.3, 0.4) is 0 Å². The van der Waals surface area contributed by atoms with Crippen LogP contribution in [0.2, 0.25) is 0 Å². The van der Waals surface area contributed by atoms with Crippen LogP contribution in [0, 0.1) is 0 Å². The third kappa shape index (κ3) is 5.30. The van der Waals surface area contributed by atoms with Crippen LogP contribution in [-0.4, -0.2) is 25.7 Å². The summed E-state index contributed by atoms with van der Waals surface area (Å²) in [4.78, 5) is 17.1. The van der Waals surface area contributed by atoms with Crippen LogP contribution in [0.1, 0.15) is 11.1 Å². The molecule has 0 spiro atoms. The van der Waals surface area contributed by atoms with Crippen molar-refractivity contribution in [3.63, 3.8) is 0 Å². The summed E-state index contributed by atoms with van der Waals surface area (Å²) in [6, 6.07) is 7.84. The number of fused-ring (bicyclic) bond motifs is 1. The second-order valence-electron chi connectivity index (χ2n) is 7.58. The van der Waals surface area contributed by atoms with Crippen molar-refractivity contribution in [1.82, 2.24) is 19.7 Å². The molecule has 2 heterocycles. The summed E-state index contributed by atoms with van der Waals surface area (Å²) in [6.07, 6.45) is -2.17. The molecule has 36 heavy (non-hydrogen) atoms. The van der Waals surface area contributed by atoms with E-state index in [2.05, 4.69) is 15.1 Å². The van der Waals surface area contributed by atoms with Crippen LogP contribution in [0.5, 0.6) is 0 Å². The van der Waals surface area contributed by atoms with Crippen LogP contribution in [-0.2, 0) is 11.0 Å². The predicted octanol–water partition coefficient (Wildman–Crippen LogP) is 6.65. The van der Waals surface area contributed by atoms with Crippen molar-refractivity contribution in [2.24, 2.45) is 5.73 Å². The molecule has 0 aliphatic carbocycles. The first-order chi connectivity index (χ1) is 16.4. The Hall–Kier alpha value is -4.01. The third-order valence-electron chi connectivity index (χ3n) is 4.87. The molecule has 15 heteroatoms. The maximum atomic E-state index is 13.3. The minimum absolute atomic E-state index is 0.164. The molecular formula is C21H13F8N5OS. The van der Waals surface area contributed by atoms with E-state index in [-0.39, 0.29) is 23.3 Å². The van der Waals surface area contributed by atoms with Gasteiger partial charge in [0, 0.05) is 28.9 Å². The number of halogens is 8. The van der Waals surface area contributed by atoms with Gasteiger partial charge in [0.15, 0.2) is 5.82 Å². The SMILES string of the molecule is NC(=O)/C(=C/n1cnc(-c2cc(C(F)(F)F)cc(S(F)(F)(F)(F)F)c2)n1)c1cnc2ccccc2c1. The zero-order chi connectivity index (χ0) is 26.6. The van der Waals surface area contributed by atoms with Gasteiger partial charge in [0.25, 0.3) is 5.91 Å². The molecule has 190 valence electrons. The molecule has 0 fully saturated rings. The number of pyridine rings is 1. The fourth-order valence-electron chi connectivity index (χ4n) is 3.21. The predicted molar refractivity (Wildman–Crippen MR) is 117 cm³/mol. The van der Waals surface area contributed by atoms with E-state index < -0.39 is 50.2 Å². The Morgan fingerprint density at radius 3 is 2.31 bits per heavy atom. The van der Waals surface area contributed by atoms with Gasteiger partial charge >= 0.3 is 16.4 Å². The summed E-state index contributed by atoms with van der Waals surface area (Å²) in [6.45, 7) is 0. The number of benzene rings is 2. The summed E-state index contributed by atoms with van der Waals surface area (Å²) in [5.74, 6) is -1.69. The summed E-state index contributed by atoms with van der Waals surface area (Å²) in [5, 5.41) is 4.36. The van der Waals surface area contributed by atoms with Crippen molar-refractivity contribution in [1.29, 1.82) is 0 Å². The van der Waals surface area contributed by atoms with Gasteiger partial charge in [0.2, 0.25) is 0 Å². The second-order valence-corrected chi connectivity index (χ2v) is 9.99. The number of para-hydroxylation sites is 1. The first-order valence-corrected chi connectivity index (χ1v) is 11.6. The highest BCUT2D eigenvalue weighted by Gasteiger charge is 2.66. The first kappa shape index (κ1) is 25.1. The lowest BCUT2D eigenvalue weighted by atomic mass is 10.1. The van der Waals surface area contributed by atoms with Gasteiger partial charge in [-0.1, -0.05) is 37.6 Å². The van der Waals surface area contributed by atoms with Gasteiger partial charge in [-0.05, 0) is 30.3 Å². The van der Waals surface area contributed by atoms with E-state index in [0.29, 0.717) is 10.9 Å². The number of carbonyl (C=O) groups excluding carboxylic acids is 1. The van der Waals surface area contributed by atoms with Crippen molar-refractivity contribution in [3.8, 4) is 11.4 Å². The molecule has 6 nitrogen and oxygen atoms in total. The average Bonchev–Trinajstić information content (AvgIpc) is 3.23. The molecule has 4 rings (SSSR count). The van der Waals surface area contributed by atoms with Gasteiger partial charge in [0.05, 0.1) is 16.7 Å². The standard InChI is InChI=1S/C21H13F8N5OS/c22-21(23,24)15-6-13(7-16(8-15)36(25,26,27,28)29)20-32-11-34(33-20)10-17(19(30)35)14-5-12-3-1-2-4-18(12)31-9-14/h1-11H,(H2,30,35)/b17-10+. The normalized spacial score (nSPS) is 14.9. The first-order valence-electron chi connectivity index (χ1n) is 9.65. The second kappa shape index (κ2) is 7.49. The Bertz CT molecular complexity index is 1550. The number of hydrogen-bond acceptors (Lipinski definition) is 4. The number of carbonyl (C=O) groups is 1. The zero-order valence-corrected chi connectivity index (χ0v) is 18.4. The number of amides is 1. The molecule has 2 N–H and O–H groups in total. The molecule has 0 saturated heterocycles. The lowest BCUT2D eigenvalue weighted by Crippen LogP contribution is -2.14. The Kier molecular flexibility index (Phi) is 5.22.